The second kappa shape index (κ2) is 8.39. The van der Waals surface area contributed by atoms with Crippen molar-refractivity contribution < 1.29 is 13.9 Å². The van der Waals surface area contributed by atoms with Gasteiger partial charge in [-0.05, 0) is 23.8 Å². The minimum atomic E-state index is -0.418. The van der Waals surface area contributed by atoms with E-state index in [9.17, 15) is 9.18 Å². The average molecular weight is 337 g/mol. The highest BCUT2D eigenvalue weighted by Gasteiger charge is 2.08. The molecule has 6 heteroatoms. The van der Waals surface area contributed by atoms with Gasteiger partial charge < -0.3 is 15.0 Å². The van der Waals surface area contributed by atoms with Crippen molar-refractivity contribution in [1.29, 1.82) is 0 Å². The largest absolute Gasteiger partial charge is 0.490 e. The summed E-state index contributed by atoms with van der Waals surface area (Å²) in [5, 5.41) is 2.95. The van der Waals surface area contributed by atoms with E-state index in [1.54, 1.807) is 11.9 Å². The highest BCUT2D eigenvalue weighted by molar-refractivity contribution is 6.32. The lowest BCUT2D eigenvalue weighted by molar-refractivity contribution is 0.203. The molecule has 0 aromatic heterocycles. The molecule has 0 atom stereocenters. The van der Waals surface area contributed by atoms with E-state index in [4.69, 9.17) is 16.3 Å². The molecule has 0 radical (unpaired) electrons. The molecule has 0 fully saturated rings. The lowest BCUT2D eigenvalue weighted by Crippen LogP contribution is -2.38. The van der Waals surface area contributed by atoms with Crippen molar-refractivity contribution in [2.24, 2.45) is 0 Å². The van der Waals surface area contributed by atoms with E-state index in [-0.39, 0.29) is 17.7 Å². The Morgan fingerprint density at radius 1 is 1.26 bits per heavy atom. The van der Waals surface area contributed by atoms with Crippen molar-refractivity contribution in [2.75, 3.05) is 20.2 Å². The average Bonchev–Trinajstić information content (AvgIpc) is 2.54. The number of halogens is 2. The molecule has 0 aliphatic rings. The minimum absolute atomic E-state index is 0.192. The summed E-state index contributed by atoms with van der Waals surface area (Å²) >= 11 is 5.85. The second-order valence-corrected chi connectivity index (χ2v) is 5.40. The number of urea groups is 1. The quantitative estimate of drug-likeness (QED) is 0.817. The molecule has 0 saturated heterocycles. The van der Waals surface area contributed by atoms with Crippen LogP contribution in [0.2, 0.25) is 5.02 Å². The monoisotopic (exact) mass is 336 g/mol. The molecule has 122 valence electrons. The van der Waals surface area contributed by atoms with Crippen LogP contribution in [0.15, 0.2) is 48.5 Å². The number of carbonyl (C=O) groups excluding carboxylic acids is 1. The van der Waals surface area contributed by atoms with Crippen LogP contribution in [0.25, 0.3) is 0 Å². The van der Waals surface area contributed by atoms with Gasteiger partial charge in [0.05, 0.1) is 11.6 Å². The third-order valence-corrected chi connectivity index (χ3v) is 3.43. The SMILES string of the molecule is CN(Cc1ccccc1)C(=O)NCCOc1ccc(F)cc1Cl. The van der Waals surface area contributed by atoms with Gasteiger partial charge in [0.15, 0.2) is 0 Å². The first-order valence-corrected chi connectivity index (χ1v) is 7.55. The Bertz CT molecular complexity index is 652. The van der Waals surface area contributed by atoms with Crippen molar-refractivity contribution in [2.45, 2.75) is 6.54 Å². The highest BCUT2D eigenvalue weighted by atomic mass is 35.5. The maximum atomic E-state index is 12.9. The van der Waals surface area contributed by atoms with Crippen LogP contribution >= 0.6 is 11.6 Å². The van der Waals surface area contributed by atoms with Crippen LogP contribution < -0.4 is 10.1 Å². The standard InChI is InChI=1S/C17H18ClFN2O2/c1-21(12-13-5-3-2-4-6-13)17(22)20-9-10-23-16-8-7-14(19)11-15(16)18/h2-8,11H,9-10,12H2,1H3,(H,20,22). The van der Waals surface area contributed by atoms with Gasteiger partial charge in [0, 0.05) is 13.6 Å². The fourth-order valence-electron chi connectivity index (χ4n) is 1.98. The Kier molecular flexibility index (Phi) is 6.23. The molecular formula is C17H18ClFN2O2. The maximum Gasteiger partial charge on any atom is 0.317 e. The molecule has 0 heterocycles. The van der Waals surface area contributed by atoms with Crippen LogP contribution in [0.1, 0.15) is 5.56 Å². The number of nitrogens with one attached hydrogen (secondary N) is 1. The molecule has 0 aliphatic heterocycles. The number of carbonyl (C=O) groups is 1. The number of amides is 2. The van der Waals surface area contributed by atoms with Gasteiger partial charge in [-0.3, -0.25) is 0 Å². The van der Waals surface area contributed by atoms with Crippen LogP contribution in [0.4, 0.5) is 9.18 Å². The molecule has 2 aromatic carbocycles. The Hall–Kier alpha value is -2.27. The van der Waals surface area contributed by atoms with Crippen LogP contribution in [-0.2, 0) is 6.54 Å². The minimum Gasteiger partial charge on any atom is -0.490 e. The molecule has 0 unspecified atom stereocenters. The van der Waals surface area contributed by atoms with Gasteiger partial charge in [-0.2, -0.15) is 0 Å². The molecule has 4 nitrogen and oxygen atoms in total. The van der Waals surface area contributed by atoms with Gasteiger partial charge >= 0.3 is 6.03 Å². The number of nitrogens with zero attached hydrogens (tertiary/aromatic N) is 1. The predicted molar refractivity (Wildman–Crippen MR) is 88.2 cm³/mol. The molecule has 23 heavy (non-hydrogen) atoms. The zero-order chi connectivity index (χ0) is 16.7. The first kappa shape index (κ1) is 17.1. The Balaban J connectivity index is 1.72. The normalized spacial score (nSPS) is 10.2. The maximum absolute atomic E-state index is 12.9. The topological polar surface area (TPSA) is 41.6 Å². The third-order valence-electron chi connectivity index (χ3n) is 3.14. The Morgan fingerprint density at radius 3 is 2.70 bits per heavy atom. The number of hydrogen-bond donors (Lipinski definition) is 1. The zero-order valence-electron chi connectivity index (χ0n) is 12.8. The number of ether oxygens (including phenoxy) is 1. The van der Waals surface area contributed by atoms with E-state index in [1.165, 1.54) is 18.2 Å². The van der Waals surface area contributed by atoms with Crippen molar-refractivity contribution >= 4 is 17.6 Å². The fraction of sp³-hybridized carbons (Fsp3) is 0.235. The summed E-state index contributed by atoms with van der Waals surface area (Å²) in [6, 6.07) is 13.4. The van der Waals surface area contributed by atoms with E-state index in [1.807, 2.05) is 30.3 Å². The number of rotatable bonds is 6. The molecule has 2 aromatic rings. The fourth-order valence-corrected chi connectivity index (χ4v) is 2.20. The van der Waals surface area contributed by atoms with Crippen molar-refractivity contribution in [3.63, 3.8) is 0 Å². The first-order chi connectivity index (χ1) is 11.1. The molecule has 0 spiro atoms. The van der Waals surface area contributed by atoms with Crippen LogP contribution in [0.3, 0.4) is 0 Å². The van der Waals surface area contributed by atoms with Crippen molar-refractivity contribution in [3.8, 4) is 5.75 Å². The van der Waals surface area contributed by atoms with Gasteiger partial charge in [-0.15, -0.1) is 0 Å². The molecule has 0 bridgehead atoms. The summed E-state index contributed by atoms with van der Waals surface area (Å²) in [6.45, 7) is 1.10. The lowest BCUT2D eigenvalue weighted by atomic mass is 10.2. The van der Waals surface area contributed by atoms with Crippen LogP contribution in [-0.4, -0.2) is 31.1 Å². The second-order valence-electron chi connectivity index (χ2n) is 5.00. The summed E-state index contributed by atoms with van der Waals surface area (Å²) < 4.78 is 18.3. The van der Waals surface area contributed by atoms with Gasteiger partial charge in [-0.1, -0.05) is 41.9 Å². The first-order valence-electron chi connectivity index (χ1n) is 7.17. The molecule has 0 aliphatic carbocycles. The van der Waals surface area contributed by atoms with Crippen LogP contribution in [0, 0.1) is 5.82 Å². The summed E-state index contributed by atoms with van der Waals surface area (Å²) in [7, 11) is 1.72. The van der Waals surface area contributed by atoms with E-state index in [2.05, 4.69) is 5.32 Å². The van der Waals surface area contributed by atoms with Crippen molar-refractivity contribution in [1.82, 2.24) is 10.2 Å². The Labute approximate surface area is 139 Å². The van der Waals surface area contributed by atoms with E-state index >= 15 is 0 Å². The number of hydrogen-bond acceptors (Lipinski definition) is 2. The van der Waals surface area contributed by atoms with Crippen LogP contribution in [0.5, 0.6) is 5.75 Å². The Morgan fingerprint density at radius 2 is 2.00 bits per heavy atom. The van der Waals surface area contributed by atoms with Gasteiger partial charge in [-0.25, -0.2) is 9.18 Å². The molecule has 0 saturated carbocycles. The van der Waals surface area contributed by atoms with Crippen molar-refractivity contribution in [3.05, 3.63) is 64.9 Å². The molecular weight excluding hydrogens is 319 g/mol. The lowest BCUT2D eigenvalue weighted by Gasteiger charge is -2.18. The molecule has 2 rings (SSSR count). The summed E-state index contributed by atoms with van der Waals surface area (Å²) in [4.78, 5) is 13.5. The molecule has 1 N–H and O–H groups in total. The summed E-state index contributed by atoms with van der Waals surface area (Å²) in [6.07, 6.45) is 0. The summed E-state index contributed by atoms with van der Waals surface area (Å²) in [5.74, 6) is -0.0295. The van der Waals surface area contributed by atoms with Gasteiger partial charge in [0.25, 0.3) is 0 Å². The van der Waals surface area contributed by atoms with Gasteiger partial charge in [0.1, 0.15) is 18.2 Å². The van der Waals surface area contributed by atoms with E-state index in [0.29, 0.717) is 18.8 Å². The summed E-state index contributed by atoms with van der Waals surface area (Å²) in [5.41, 5.74) is 1.06. The molecule has 2 amide bonds. The highest BCUT2D eigenvalue weighted by Crippen LogP contribution is 2.24. The predicted octanol–water partition coefficient (Wildman–Crippen LogP) is 3.70. The third kappa shape index (κ3) is 5.45. The number of benzene rings is 2. The van der Waals surface area contributed by atoms with E-state index < -0.39 is 5.82 Å². The van der Waals surface area contributed by atoms with E-state index in [0.717, 1.165) is 5.56 Å². The zero-order valence-corrected chi connectivity index (χ0v) is 13.5. The van der Waals surface area contributed by atoms with Gasteiger partial charge in [0.2, 0.25) is 0 Å². The smallest absolute Gasteiger partial charge is 0.317 e.